The summed E-state index contributed by atoms with van der Waals surface area (Å²) < 4.78 is 6.36. The van der Waals surface area contributed by atoms with E-state index in [-0.39, 0.29) is 0 Å². The van der Waals surface area contributed by atoms with Crippen LogP contribution in [0.2, 0.25) is 0 Å². The molecule has 2 aromatic rings. The van der Waals surface area contributed by atoms with Crippen LogP contribution in [-0.2, 0) is 0 Å². The molecule has 4 rings (SSSR count). The van der Waals surface area contributed by atoms with Crippen LogP contribution in [0.5, 0.6) is 0 Å². The van der Waals surface area contributed by atoms with E-state index < -0.39 is 0 Å². The van der Waals surface area contributed by atoms with Crippen molar-refractivity contribution in [3.8, 4) is 6.07 Å². The van der Waals surface area contributed by atoms with E-state index in [9.17, 15) is 0 Å². The summed E-state index contributed by atoms with van der Waals surface area (Å²) in [5, 5.41) is 14.1. The fourth-order valence-corrected chi connectivity index (χ4v) is 3.33. The van der Waals surface area contributed by atoms with Gasteiger partial charge in [0, 0.05) is 36.7 Å². The lowest BCUT2D eigenvalue weighted by molar-refractivity contribution is 0.366. The van der Waals surface area contributed by atoms with Crippen molar-refractivity contribution >= 4 is 16.7 Å². The van der Waals surface area contributed by atoms with Crippen molar-refractivity contribution in [3.63, 3.8) is 0 Å². The second kappa shape index (κ2) is 4.56. The number of aromatic nitrogens is 4. The molecule has 102 valence electrons. The van der Waals surface area contributed by atoms with Crippen molar-refractivity contribution in [1.29, 1.82) is 5.26 Å². The number of hydrogen-bond acceptors (Lipinski definition) is 6. The Labute approximate surface area is 120 Å². The SMILES string of the molecule is N#Cc1cnn(C2CN(c3nc(C4CCC4)ns3)C2)c1. The largest absolute Gasteiger partial charge is 0.342 e. The van der Waals surface area contributed by atoms with Gasteiger partial charge in [-0.15, -0.1) is 0 Å². The summed E-state index contributed by atoms with van der Waals surface area (Å²) >= 11 is 1.50. The Morgan fingerprint density at radius 2 is 2.20 bits per heavy atom. The molecule has 0 spiro atoms. The molecule has 0 radical (unpaired) electrons. The maximum absolute atomic E-state index is 8.81. The Morgan fingerprint density at radius 3 is 2.85 bits per heavy atom. The molecule has 3 heterocycles. The first-order valence-corrected chi connectivity index (χ1v) is 7.63. The van der Waals surface area contributed by atoms with E-state index in [4.69, 9.17) is 5.26 Å². The summed E-state index contributed by atoms with van der Waals surface area (Å²) in [6.45, 7) is 1.79. The quantitative estimate of drug-likeness (QED) is 0.862. The molecule has 6 nitrogen and oxygen atoms in total. The molecule has 1 saturated heterocycles. The Kier molecular flexibility index (Phi) is 2.70. The molecular weight excluding hydrogens is 272 g/mol. The molecule has 0 amide bonds. The van der Waals surface area contributed by atoms with Gasteiger partial charge in [0.15, 0.2) is 0 Å². The van der Waals surface area contributed by atoms with E-state index in [2.05, 4.69) is 25.4 Å². The van der Waals surface area contributed by atoms with E-state index in [1.165, 1.54) is 30.8 Å². The minimum absolute atomic E-state index is 0.341. The minimum atomic E-state index is 0.341. The van der Waals surface area contributed by atoms with Gasteiger partial charge in [-0.2, -0.15) is 14.7 Å². The minimum Gasteiger partial charge on any atom is -0.342 e. The van der Waals surface area contributed by atoms with Crippen LogP contribution in [0.25, 0.3) is 0 Å². The second-order valence-corrected chi connectivity index (χ2v) is 6.17. The summed E-state index contributed by atoms with van der Waals surface area (Å²) in [6, 6.07) is 2.45. The van der Waals surface area contributed by atoms with Gasteiger partial charge in [-0.1, -0.05) is 6.42 Å². The van der Waals surface area contributed by atoms with Crippen LogP contribution in [0.15, 0.2) is 12.4 Å². The van der Waals surface area contributed by atoms with Crippen LogP contribution in [0.4, 0.5) is 5.13 Å². The van der Waals surface area contributed by atoms with Crippen molar-refractivity contribution in [2.24, 2.45) is 0 Å². The Hall–Kier alpha value is -1.94. The highest BCUT2D eigenvalue weighted by Crippen LogP contribution is 2.37. The van der Waals surface area contributed by atoms with Gasteiger partial charge in [0.25, 0.3) is 0 Å². The highest BCUT2D eigenvalue weighted by molar-refractivity contribution is 7.09. The smallest absolute Gasteiger partial charge is 0.205 e. The third-order valence-electron chi connectivity index (χ3n) is 4.14. The molecule has 0 bridgehead atoms. The lowest BCUT2D eigenvalue weighted by Gasteiger charge is -2.38. The highest BCUT2D eigenvalue weighted by atomic mass is 32.1. The number of anilines is 1. The maximum atomic E-state index is 8.81. The zero-order valence-electron chi connectivity index (χ0n) is 10.9. The molecule has 1 saturated carbocycles. The molecule has 0 N–H and O–H groups in total. The highest BCUT2D eigenvalue weighted by Gasteiger charge is 2.32. The van der Waals surface area contributed by atoms with Gasteiger partial charge in [0.05, 0.1) is 17.8 Å². The van der Waals surface area contributed by atoms with Crippen LogP contribution in [0.3, 0.4) is 0 Å². The van der Waals surface area contributed by atoms with Gasteiger partial charge in [-0.3, -0.25) is 4.68 Å². The van der Waals surface area contributed by atoms with Gasteiger partial charge in [-0.25, -0.2) is 4.98 Å². The third kappa shape index (κ3) is 1.88. The molecular formula is C13H14N6S. The normalized spacial score (nSPS) is 19.4. The first kappa shape index (κ1) is 11.9. The third-order valence-corrected chi connectivity index (χ3v) is 4.93. The van der Waals surface area contributed by atoms with Gasteiger partial charge < -0.3 is 4.90 Å². The number of hydrogen-bond donors (Lipinski definition) is 0. The average molecular weight is 286 g/mol. The van der Waals surface area contributed by atoms with Gasteiger partial charge in [0.1, 0.15) is 11.9 Å². The molecule has 0 aromatic carbocycles. The van der Waals surface area contributed by atoms with Crippen LogP contribution in [-0.4, -0.2) is 32.2 Å². The van der Waals surface area contributed by atoms with Gasteiger partial charge in [-0.05, 0) is 12.8 Å². The summed E-state index contributed by atoms with van der Waals surface area (Å²) in [4.78, 5) is 6.89. The Balaban J connectivity index is 1.40. The fraction of sp³-hybridized carbons (Fsp3) is 0.538. The van der Waals surface area contributed by atoms with E-state index >= 15 is 0 Å². The zero-order chi connectivity index (χ0) is 13.5. The molecule has 2 fully saturated rings. The number of rotatable bonds is 3. The summed E-state index contributed by atoms with van der Waals surface area (Å²) in [5.74, 6) is 1.63. The summed E-state index contributed by atoms with van der Waals surface area (Å²) in [5.41, 5.74) is 0.617. The van der Waals surface area contributed by atoms with Crippen LogP contribution in [0.1, 0.15) is 42.6 Å². The molecule has 1 aliphatic heterocycles. The second-order valence-electron chi connectivity index (χ2n) is 5.44. The Bertz CT molecular complexity index is 658. The Morgan fingerprint density at radius 1 is 1.35 bits per heavy atom. The van der Waals surface area contributed by atoms with Crippen LogP contribution < -0.4 is 4.90 Å². The van der Waals surface area contributed by atoms with E-state index in [1.54, 1.807) is 6.20 Å². The first-order valence-electron chi connectivity index (χ1n) is 6.86. The topological polar surface area (TPSA) is 70.6 Å². The molecule has 0 unspecified atom stereocenters. The van der Waals surface area contributed by atoms with Crippen molar-refractivity contribution in [2.45, 2.75) is 31.2 Å². The maximum Gasteiger partial charge on any atom is 0.205 e. The zero-order valence-corrected chi connectivity index (χ0v) is 11.8. The average Bonchev–Trinajstić information content (AvgIpc) is 2.95. The fourth-order valence-electron chi connectivity index (χ4n) is 2.56. The molecule has 2 aromatic heterocycles. The monoisotopic (exact) mass is 286 g/mol. The summed E-state index contributed by atoms with van der Waals surface area (Å²) in [6.07, 6.45) is 7.21. The molecule has 0 atom stereocenters. The molecule has 2 aliphatic rings. The summed E-state index contributed by atoms with van der Waals surface area (Å²) in [7, 11) is 0. The van der Waals surface area contributed by atoms with Crippen LogP contribution >= 0.6 is 11.5 Å². The van der Waals surface area contributed by atoms with Gasteiger partial charge >= 0.3 is 0 Å². The van der Waals surface area contributed by atoms with E-state index in [0.717, 1.165) is 24.0 Å². The van der Waals surface area contributed by atoms with Crippen molar-refractivity contribution in [3.05, 3.63) is 23.8 Å². The molecule has 1 aliphatic carbocycles. The van der Waals surface area contributed by atoms with Crippen molar-refractivity contribution in [1.82, 2.24) is 19.1 Å². The molecule has 7 heteroatoms. The predicted octanol–water partition coefficient (Wildman–Crippen LogP) is 1.94. The lowest BCUT2D eigenvalue weighted by Crippen LogP contribution is -2.48. The van der Waals surface area contributed by atoms with Gasteiger partial charge in [0.2, 0.25) is 5.13 Å². The van der Waals surface area contributed by atoms with Crippen molar-refractivity contribution in [2.75, 3.05) is 18.0 Å². The number of nitrogens with zero attached hydrogens (tertiary/aromatic N) is 6. The van der Waals surface area contributed by atoms with E-state index in [1.807, 2.05) is 10.9 Å². The first-order chi connectivity index (χ1) is 9.83. The standard InChI is InChI=1S/C13H14N6S/c14-4-9-5-15-19(6-9)11-7-18(8-11)13-16-12(17-20-13)10-2-1-3-10/h5-6,10-11H,1-3,7-8H2. The lowest BCUT2D eigenvalue weighted by atomic mass is 9.85. The van der Waals surface area contributed by atoms with E-state index in [0.29, 0.717) is 17.5 Å². The van der Waals surface area contributed by atoms with Crippen molar-refractivity contribution < 1.29 is 0 Å². The number of nitriles is 1. The molecule has 20 heavy (non-hydrogen) atoms. The van der Waals surface area contributed by atoms with Crippen LogP contribution in [0, 0.1) is 11.3 Å². The predicted molar refractivity (Wildman–Crippen MR) is 74.7 cm³/mol.